The van der Waals surface area contributed by atoms with Gasteiger partial charge in [0, 0.05) is 0 Å². The Morgan fingerprint density at radius 1 is 1.33 bits per heavy atom. The van der Waals surface area contributed by atoms with Gasteiger partial charge in [-0.2, -0.15) is 5.26 Å². The Morgan fingerprint density at radius 3 is 2.72 bits per heavy atom. The molecule has 0 unspecified atom stereocenters. The van der Waals surface area contributed by atoms with Crippen molar-refractivity contribution in [1.29, 1.82) is 5.26 Å². The Hall–Kier alpha value is -1.37. The van der Waals surface area contributed by atoms with Gasteiger partial charge in [0.25, 0.3) is 0 Å². The zero-order chi connectivity index (χ0) is 12.1. The van der Waals surface area contributed by atoms with E-state index in [2.05, 4.69) is 11.4 Å². The summed E-state index contributed by atoms with van der Waals surface area (Å²) in [5.74, 6) is 0.137. The first-order chi connectivity index (χ1) is 8.29. The number of hydrogen-bond donors (Lipinski definition) is 1. The molecule has 1 aliphatic heterocycles. The van der Waals surface area contributed by atoms with Crippen LogP contribution in [-0.4, -0.2) is 13.1 Å². The van der Waals surface area contributed by atoms with Crippen molar-refractivity contribution in [2.75, 3.05) is 13.1 Å². The van der Waals surface area contributed by atoms with E-state index < -0.39 is 5.82 Å². The van der Waals surface area contributed by atoms with Gasteiger partial charge >= 0.3 is 0 Å². The lowest BCUT2D eigenvalue weighted by Gasteiger charge is -2.19. The largest absolute Gasteiger partial charge is 0.317 e. The van der Waals surface area contributed by atoms with E-state index >= 15 is 0 Å². The number of rotatable bonds is 2. The lowest BCUT2D eigenvalue weighted by molar-refractivity contribution is 0.438. The third-order valence-electron chi connectivity index (χ3n) is 3.06. The molecule has 2 rings (SSSR count). The van der Waals surface area contributed by atoms with Crippen molar-refractivity contribution >= 4 is 18.5 Å². The Balaban J connectivity index is 0.00000162. The molecule has 1 saturated heterocycles. The van der Waals surface area contributed by atoms with Crippen LogP contribution in [0.1, 0.15) is 24.0 Å². The number of benzene rings is 1. The van der Waals surface area contributed by atoms with E-state index in [0.29, 0.717) is 5.92 Å². The Labute approximate surface area is 113 Å². The van der Waals surface area contributed by atoms with Crippen molar-refractivity contribution in [2.24, 2.45) is 5.92 Å². The molecule has 2 nitrogen and oxygen atoms in total. The fourth-order valence-electron chi connectivity index (χ4n) is 2.02. The van der Waals surface area contributed by atoms with Crippen LogP contribution in [0.4, 0.5) is 4.39 Å². The van der Waals surface area contributed by atoms with Crippen LogP contribution in [0, 0.1) is 23.1 Å². The van der Waals surface area contributed by atoms with E-state index in [1.165, 1.54) is 6.07 Å². The second kappa shape index (κ2) is 7.15. The fraction of sp³-hybridized carbons (Fsp3) is 0.357. The normalized spacial score (nSPS) is 16.2. The quantitative estimate of drug-likeness (QED) is 0.893. The SMILES string of the molecule is Cl.N#Cc1cc(/C=C/C2CCNCC2)ccc1F. The predicted octanol–water partition coefficient (Wildman–Crippen LogP) is 3.13. The molecule has 1 aromatic rings. The van der Waals surface area contributed by atoms with Gasteiger partial charge in [-0.15, -0.1) is 12.4 Å². The average molecular weight is 267 g/mol. The van der Waals surface area contributed by atoms with Crippen LogP contribution in [0.5, 0.6) is 0 Å². The lowest BCUT2D eigenvalue weighted by atomic mass is 9.97. The van der Waals surface area contributed by atoms with Gasteiger partial charge in [-0.1, -0.05) is 18.2 Å². The second-order valence-corrected chi connectivity index (χ2v) is 4.30. The molecule has 96 valence electrons. The van der Waals surface area contributed by atoms with Gasteiger partial charge in [0.15, 0.2) is 0 Å². The summed E-state index contributed by atoms with van der Waals surface area (Å²) in [6.45, 7) is 2.11. The van der Waals surface area contributed by atoms with Gasteiger partial charge in [-0.3, -0.25) is 0 Å². The zero-order valence-corrected chi connectivity index (χ0v) is 10.8. The summed E-state index contributed by atoms with van der Waals surface area (Å²) < 4.78 is 13.1. The van der Waals surface area contributed by atoms with E-state index in [9.17, 15) is 4.39 Å². The van der Waals surface area contributed by atoms with Crippen molar-refractivity contribution in [3.8, 4) is 6.07 Å². The first-order valence-corrected chi connectivity index (χ1v) is 5.88. The lowest BCUT2D eigenvalue weighted by Crippen LogP contribution is -2.26. The van der Waals surface area contributed by atoms with Crippen LogP contribution in [-0.2, 0) is 0 Å². The van der Waals surface area contributed by atoms with Crippen molar-refractivity contribution < 1.29 is 4.39 Å². The number of halogens is 2. The van der Waals surface area contributed by atoms with E-state index in [4.69, 9.17) is 5.26 Å². The molecule has 1 N–H and O–H groups in total. The maximum absolute atomic E-state index is 13.1. The first kappa shape index (κ1) is 14.7. The molecule has 0 spiro atoms. The summed E-state index contributed by atoms with van der Waals surface area (Å²) in [6.07, 6.45) is 6.43. The van der Waals surface area contributed by atoms with Crippen molar-refractivity contribution in [3.63, 3.8) is 0 Å². The molecule has 1 aromatic carbocycles. The summed E-state index contributed by atoms with van der Waals surface area (Å²) >= 11 is 0. The maximum atomic E-state index is 13.1. The number of hydrogen-bond acceptors (Lipinski definition) is 2. The van der Waals surface area contributed by atoms with Gasteiger partial charge in [0.2, 0.25) is 0 Å². The minimum Gasteiger partial charge on any atom is -0.317 e. The molecule has 1 fully saturated rings. The molecule has 0 amide bonds. The molecule has 1 aliphatic rings. The van der Waals surface area contributed by atoms with E-state index in [1.54, 1.807) is 12.1 Å². The van der Waals surface area contributed by atoms with Crippen molar-refractivity contribution in [2.45, 2.75) is 12.8 Å². The molecular formula is C14H16ClFN2. The highest BCUT2D eigenvalue weighted by molar-refractivity contribution is 5.85. The van der Waals surface area contributed by atoms with Crippen LogP contribution in [0.25, 0.3) is 6.08 Å². The monoisotopic (exact) mass is 266 g/mol. The molecule has 0 aliphatic carbocycles. The maximum Gasteiger partial charge on any atom is 0.140 e. The molecular weight excluding hydrogens is 251 g/mol. The summed E-state index contributed by atoms with van der Waals surface area (Å²) in [5.41, 5.74) is 0.999. The average Bonchev–Trinajstić information content (AvgIpc) is 2.39. The third-order valence-corrected chi connectivity index (χ3v) is 3.06. The molecule has 4 heteroatoms. The Bertz CT molecular complexity index is 459. The highest BCUT2D eigenvalue weighted by Gasteiger charge is 2.09. The van der Waals surface area contributed by atoms with Gasteiger partial charge in [0.1, 0.15) is 11.9 Å². The summed E-state index contributed by atoms with van der Waals surface area (Å²) in [4.78, 5) is 0. The van der Waals surface area contributed by atoms with E-state index in [0.717, 1.165) is 31.5 Å². The highest BCUT2D eigenvalue weighted by atomic mass is 35.5. The molecule has 0 saturated carbocycles. The summed E-state index contributed by atoms with van der Waals surface area (Å²) in [7, 11) is 0. The minimum atomic E-state index is -0.452. The summed E-state index contributed by atoms with van der Waals surface area (Å²) in [6, 6.07) is 6.49. The van der Waals surface area contributed by atoms with Crippen molar-refractivity contribution in [3.05, 3.63) is 41.2 Å². The van der Waals surface area contributed by atoms with Crippen LogP contribution in [0.3, 0.4) is 0 Å². The van der Waals surface area contributed by atoms with Crippen LogP contribution in [0.15, 0.2) is 24.3 Å². The van der Waals surface area contributed by atoms with E-state index in [1.807, 2.05) is 12.1 Å². The topological polar surface area (TPSA) is 35.8 Å². The fourth-order valence-corrected chi connectivity index (χ4v) is 2.02. The number of piperidine rings is 1. The van der Waals surface area contributed by atoms with E-state index in [-0.39, 0.29) is 18.0 Å². The second-order valence-electron chi connectivity index (χ2n) is 4.30. The Morgan fingerprint density at radius 2 is 2.06 bits per heavy atom. The van der Waals surface area contributed by atoms with Crippen LogP contribution >= 0.6 is 12.4 Å². The first-order valence-electron chi connectivity index (χ1n) is 5.88. The standard InChI is InChI=1S/C14H15FN2.ClH/c15-14-4-3-12(9-13(14)10-16)2-1-11-5-7-17-8-6-11;/h1-4,9,11,17H,5-8H2;1H/b2-1+;. The summed E-state index contributed by atoms with van der Waals surface area (Å²) in [5, 5.41) is 12.0. The van der Waals surface area contributed by atoms with Gasteiger partial charge < -0.3 is 5.32 Å². The Kier molecular flexibility index (Phi) is 5.84. The molecule has 1 heterocycles. The molecule has 0 radical (unpaired) electrons. The van der Waals surface area contributed by atoms with Gasteiger partial charge in [-0.25, -0.2) is 4.39 Å². The minimum absolute atomic E-state index is 0. The van der Waals surface area contributed by atoms with Crippen LogP contribution < -0.4 is 5.32 Å². The number of nitrogens with zero attached hydrogens (tertiary/aromatic N) is 1. The van der Waals surface area contributed by atoms with Gasteiger partial charge in [-0.05, 0) is 49.5 Å². The predicted molar refractivity (Wildman–Crippen MR) is 73.0 cm³/mol. The number of nitrogens with one attached hydrogen (secondary N) is 1. The van der Waals surface area contributed by atoms with Crippen LogP contribution in [0.2, 0.25) is 0 Å². The van der Waals surface area contributed by atoms with Gasteiger partial charge in [0.05, 0.1) is 5.56 Å². The molecule has 0 atom stereocenters. The molecule has 18 heavy (non-hydrogen) atoms. The number of nitriles is 1. The zero-order valence-electron chi connectivity index (χ0n) is 10.0. The number of allylic oxidation sites excluding steroid dienone is 1. The smallest absolute Gasteiger partial charge is 0.140 e. The molecule has 0 aromatic heterocycles. The van der Waals surface area contributed by atoms with Crippen molar-refractivity contribution in [1.82, 2.24) is 5.32 Å². The highest BCUT2D eigenvalue weighted by Crippen LogP contribution is 2.16. The third kappa shape index (κ3) is 3.83. The molecule has 0 bridgehead atoms.